The van der Waals surface area contributed by atoms with E-state index in [1.54, 1.807) is 20.8 Å². The monoisotopic (exact) mass is 540 g/mol. The van der Waals surface area contributed by atoms with Crippen molar-refractivity contribution >= 4 is 24.0 Å². The Bertz CT molecular complexity index is 1060. The Morgan fingerprint density at radius 1 is 0.718 bits per heavy atom. The van der Waals surface area contributed by atoms with E-state index in [1.165, 1.54) is 0 Å². The Morgan fingerprint density at radius 3 is 1.56 bits per heavy atom. The first-order valence-electron chi connectivity index (χ1n) is 13.2. The summed E-state index contributed by atoms with van der Waals surface area (Å²) in [5.74, 6) is -0.687. The van der Waals surface area contributed by atoms with Gasteiger partial charge in [0.2, 0.25) is 11.8 Å². The highest BCUT2D eigenvalue weighted by Crippen LogP contribution is 2.09. The van der Waals surface area contributed by atoms with E-state index in [2.05, 4.69) is 21.3 Å². The lowest BCUT2D eigenvalue weighted by atomic mass is 10.1. The van der Waals surface area contributed by atoms with Gasteiger partial charge in [-0.3, -0.25) is 9.59 Å². The number of carbonyl (C=O) groups is 4. The van der Waals surface area contributed by atoms with Crippen LogP contribution in [-0.2, 0) is 27.2 Å². The van der Waals surface area contributed by atoms with Gasteiger partial charge in [-0.1, -0.05) is 60.7 Å². The number of carbonyl (C=O) groups excluding carboxylic acids is 3. The third-order valence-electron chi connectivity index (χ3n) is 5.64. The van der Waals surface area contributed by atoms with Crippen molar-refractivity contribution in [3.63, 3.8) is 0 Å². The maximum absolute atomic E-state index is 12.8. The van der Waals surface area contributed by atoms with Gasteiger partial charge in [0.15, 0.2) is 0 Å². The topological polar surface area (TPSA) is 146 Å². The highest BCUT2D eigenvalue weighted by atomic mass is 16.6. The Labute approximate surface area is 229 Å². The highest BCUT2D eigenvalue weighted by Gasteiger charge is 2.24. The number of ether oxygens (including phenoxy) is 1. The first-order valence-corrected chi connectivity index (χ1v) is 13.2. The number of alkyl carbamates (subject to hydrolysis) is 1. The van der Waals surface area contributed by atoms with Crippen LogP contribution < -0.4 is 21.3 Å². The molecule has 39 heavy (non-hydrogen) atoms. The molecule has 2 atom stereocenters. The zero-order valence-corrected chi connectivity index (χ0v) is 22.9. The number of nitrogens with one attached hydrogen (secondary N) is 4. The molecule has 4 amide bonds. The fourth-order valence-corrected chi connectivity index (χ4v) is 3.81. The third kappa shape index (κ3) is 13.3. The molecule has 5 N–H and O–H groups in total. The fourth-order valence-electron chi connectivity index (χ4n) is 3.81. The van der Waals surface area contributed by atoms with Crippen molar-refractivity contribution in [3.8, 4) is 0 Å². The predicted octanol–water partition coefficient (Wildman–Crippen LogP) is 3.40. The van der Waals surface area contributed by atoms with E-state index >= 15 is 0 Å². The Hall–Kier alpha value is -4.08. The van der Waals surface area contributed by atoms with E-state index in [0.29, 0.717) is 32.4 Å². The van der Waals surface area contributed by atoms with E-state index < -0.39 is 29.9 Å². The maximum atomic E-state index is 12.8. The summed E-state index contributed by atoms with van der Waals surface area (Å²) < 4.78 is 5.31. The summed E-state index contributed by atoms with van der Waals surface area (Å²) >= 11 is 0. The minimum atomic E-state index is -1.26. The van der Waals surface area contributed by atoms with Gasteiger partial charge in [0.1, 0.15) is 17.7 Å². The van der Waals surface area contributed by atoms with Crippen LogP contribution in [0.25, 0.3) is 0 Å². The van der Waals surface area contributed by atoms with Crippen LogP contribution in [0.4, 0.5) is 9.59 Å². The van der Waals surface area contributed by atoms with Gasteiger partial charge in [-0.25, -0.2) is 9.59 Å². The number of amides is 4. The molecular formula is C29H40N4O6. The zero-order chi connectivity index (χ0) is 28.7. The number of rotatable bonds is 14. The number of hydrogen-bond donors (Lipinski definition) is 5. The molecule has 0 aromatic heterocycles. The molecular weight excluding hydrogens is 500 g/mol. The van der Waals surface area contributed by atoms with Gasteiger partial charge >= 0.3 is 12.2 Å². The predicted molar refractivity (Wildman–Crippen MR) is 148 cm³/mol. The van der Waals surface area contributed by atoms with Crippen molar-refractivity contribution in [2.45, 2.75) is 70.6 Å². The lowest BCUT2D eigenvalue weighted by Gasteiger charge is -2.23. The van der Waals surface area contributed by atoms with Crippen molar-refractivity contribution in [1.29, 1.82) is 0 Å². The summed E-state index contributed by atoms with van der Waals surface area (Å²) in [5, 5.41) is 19.7. The molecule has 2 rings (SSSR count). The second-order valence-corrected chi connectivity index (χ2v) is 10.2. The molecule has 10 heteroatoms. The second kappa shape index (κ2) is 16.0. The summed E-state index contributed by atoms with van der Waals surface area (Å²) in [6, 6.07) is 16.9. The van der Waals surface area contributed by atoms with Gasteiger partial charge in [0.05, 0.1) is 0 Å². The van der Waals surface area contributed by atoms with Crippen LogP contribution in [0.3, 0.4) is 0 Å². The van der Waals surface area contributed by atoms with E-state index in [-0.39, 0.29) is 18.2 Å². The van der Waals surface area contributed by atoms with Crippen LogP contribution in [0.15, 0.2) is 60.7 Å². The molecule has 0 spiro atoms. The largest absolute Gasteiger partial charge is 0.465 e. The molecule has 0 unspecified atom stereocenters. The van der Waals surface area contributed by atoms with Gasteiger partial charge in [-0.05, 0) is 51.2 Å². The second-order valence-electron chi connectivity index (χ2n) is 10.2. The molecule has 0 saturated heterocycles. The molecule has 0 aliphatic heterocycles. The normalized spacial score (nSPS) is 12.5. The molecule has 2 aromatic rings. The first kappa shape index (κ1) is 31.1. The average molecular weight is 541 g/mol. The molecule has 0 saturated carbocycles. The smallest absolute Gasteiger partial charge is 0.408 e. The molecule has 0 aliphatic rings. The van der Waals surface area contributed by atoms with E-state index in [0.717, 1.165) is 17.5 Å². The summed E-state index contributed by atoms with van der Waals surface area (Å²) in [7, 11) is 0. The molecule has 0 fully saturated rings. The number of hydrogen-bond acceptors (Lipinski definition) is 5. The number of benzene rings is 2. The lowest BCUT2D eigenvalue weighted by Crippen LogP contribution is -2.49. The summed E-state index contributed by atoms with van der Waals surface area (Å²) in [6.45, 7) is 6.07. The Morgan fingerprint density at radius 2 is 1.15 bits per heavy atom. The van der Waals surface area contributed by atoms with E-state index in [4.69, 9.17) is 9.84 Å². The lowest BCUT2D eigenvalue weighted by molar-refractivity contribution is -0.123. The highest BCUT2D eigenvalue weighted by molar-refractivity contribution is 5.86. The number of unbranched alkanes of at least 4 members (excludes halogenated alkanes) is 2. The first-order chi connectivity index (χ1) is 18.5. The molecule has 10 nitrogen and oxygen atoms in total. The van der Waals surface area contributed by atoms with Gasteiger partial charge < -0.3 is 31.1 Å². The maximum Gasteiger partial charge on any atom is 0.408 e. The van der Waals surface area contributed by atoms with Gasteiger partial charge in [0, 0.05) is 25.9 Å². The van der Waals surface area contributed by atoms with E-state index in [9.17, 15) is 19.2 Å². The van der Waals surface area contributed by atoms with Crippen LogP contribution in [0, 0.1) is 0 Å². The molecule has 2 aromatic carbocycles. The fraction of sp³-hybridized carbons (Fsp3) is 0.448. The summed E-state index contributed by atoms with van der Waals surface area (Å²) in [4.78, 5) is 48.8. The van der Waals surface area contributed by atoms with Crippen LogP contribution in [0.1, 0.15) is 51.2 Å². The van der Waals surface area contributed by atoms with Crippen molar-refractivity contribution in [3.05, 3.63) is 71.8 Å². The molecule has 0 bridgehead atoms. The van der Waals surface area contributed by atoms with Gasteiger partial charge in [-0.15, -0.1) is 0 Å². The van der Waals surface area contributed by atoms with Crippen LogP contribution in [-0.4, -0.2) is 59.9 Å². The van der Waals surface area contributed by atoms with Gasteiger partial charge in [0.25, 0.3) is 0 Å². The SMILES string of the molecule is CC(C)(C)OC(=O)N[C@@H](Cc1ccccc1)C(=O)NCCCCCNC(=O)[C@H](Cc1ccccc1)NC(=O)O. The molecule has 0 heterocycles. The van der Waals surface area contributed by atoms with Crippen LogP contribution >= 0.6 is 0 Å². The molecule has 0 aliphatic carbocycles. The van der Waals surface area contributed by atoms with Crippen molar-refractivity contribution in [2.75, 3.05) is 13.1 Å². The Kier molecular flexibility index (Phi) is 12.8. The quantitative estimate of drug-likeness (QED) is 0.232. The molecule has 212 valence electrons. The van der Waals surface area contributed by atoms with Gasteiger partial charge in [-0.2, -0.15) is 0 Å². The minimum Gasteiger partial charge on any atom is -0.465 e. The third-order valence-corrected chi connectivity index (χ3v) is 5.64. The minimum absolute atomic E-state index is 0.256. The standard InChI is InChI=1S/C29H40N4O6/c1-29(2,3)39-28(38)33-24(20-22-15-9-5-10-16-22)26(35)31-18-12-6-11-17-30-25(34)23(32-27(36)37)19-21-13-7-4-8-14-21/h4-5,7-10,13-16,23-24,32H,6,11-12,17-20H2,1-3H3,(H,30,34)(H,31,35)(H,33,38)(H,36,37)/t23-,24-/m0/s1. The zero-order valence-electron chi connectivity index (χ0n) is 22.9. The molecule has 0 radical (unpaired) electrons. The van der Waals surface area contributed by atoms with Crippen molar-refractivity contribution in [2.24, 2.45) is 0 Å². The summed E-state index contributed by atoms with van der Waals surface area (Å²) in [6.07, 6.45) is 0.743. The van der Waals surface area contributed by atoms with Crippen LogP contribution in [0.2, 0.25) is 0 Å². The van der Waals surface area contributed by atoms with Crippen LogP contribution in [0.5, 0.6) is 0 Å². The Balaban J connectivity index is 1.75. The van der Waals surface area contributed by atoms with Crippen molar-refractivity contribution in [1.82, 2.24) is 21.3 Å². The summed E-state index contributed by atoms with van der Waals surface area (Å²) in [5.41, 5.74) is 1.08. The average Bonchev–Trinajstić information content (AvgIpc) is 2.87. The number of carboxylic acid groups (broad SMARTS) is 1. The van der Waals surface area contributed by atoms with E-state index in [1.807, 2.05) is 60.7 Å². The van der Waals surface area contributed by atoms with Crippen molar-refractivity contribution < 1.29 is 29.0 Å².